The maximum absolute atomic E-state index is 12.4. The average Bonchev–Trinajstić information content (AvgIpc) is 2.70. The molecule has 9 nitrogen and oxygen atoms in total. The third-order valence-corrected chi connectivity index (χ3v) is 5.28. The van der Waals surface area contributed by atoms with Crippen molar-refractivity contribution in [2.24, 2.45) is 0 Å². The standard InChI is InChI=1S/C18H13ClN4O5S/c19-11-1-3-13(4-2-11)23-29(27,28)14-7-5-12(6-8-14)22-17(24)15-16(18(25)26)21-10-9-20-15/h1-10,23H,(H,22,24)(H,25,26). The minimum absolute atomic E-state index is 0.0313. The van der Waals surface area contributed by atoms with Crippen molar-refractivity contribution in [1.29, 1.82) is 0 Å². The number of nitrogens with zero attached hydrogens (tertiary/aromatic N) is 2. The van der Waals surface area contributed by atoms with E-state index in [1.807, 2.05) is 0 Å². The molecule has 0 radical (unpaired) electrons. The van der Waals surface area contributed by atoms with Gasteiger partial charge in [-0.15, -0.1) is 0 Å². The molecule has 29 heavy (non-hydrogen) atoms. The summed E-state index contributed by atoms with van der Waals surface area (Å²) in [6, 6.07) is 11.5. The largest absolute Gasteiger partial charge is 0.476 e. The van der Waals surface area contributed by atoms with Crippen LogP contribution >= 0.6 is 11.6 Å². The van der Waals surface area contributed by atoms with Crippen molar-refractivity contribution in [2.75, 3.05) is 10.0 Å². The Kier molecular flexibility index (Phi) is 5.76. The van der Waals surface area contributed by atoms with Gasteiger partial charge in [-0.05, 0) is 48.5 Å². The van der Waals surface area contributed by atoms with E-state index in [1.165, 1.54) is 42.6 Å². The molecule has 0 saturated carbocycles. The van der Waals surface area contributed by atoms with Crippen LogP contribution in [0.4, 0.5) is 11.4 Å². The summed E-state index contributed by atoms with van der Waals surface area (Å²) in [7, 11) is -3.85. The number of hydrogen-bond acceptors (Lipinski definition) is 6. The molecular formula is C18H13ClN4O5S. The van der Waals surface area contributed by atoms with Crippen molar-refractivity contribution in [2.45, 2.75) is 4.90 Å². The molecule has 0 aliphatic rings. The molecule has 1 amide bonds. The summed E-state index contributed by atoms with van der Waals surface area (Å²) in [6.07, 6.45) is 2.35. The van der Waals surface area contributed by atoms with Crippen molar-refractivity contribution in [3.8, 4) is 0 Å². The number of sulfonamides is 1. The summed E-state index contributed by atoms with van der Waals surface area (Å²) in [5.74, 6) is -2.18. The molecule has 3 N–H and O–H groups in total. The van der Waals surface area contributed by atoms with Gasteiger partial charge >= 0.3 is 5.97 Å². The molecule has 11 heteroatoms. The molecule has 0 aliphatic carbocycles. The number of halogens is 1. The lowest BCUT2D eigenvalue weighted by Gasteiger charge is -2.10. The number of rotatable bonds is 6. The lowest BCUT2D eigenvalue weighted by atomic mass is 10.2. The van der Waals surface area contributed by atoms with E-state index in [2.05, 4.69) is 20.0 Å². The molecule has 3 rings (SSSR count). The summed E-state index contributed by atoms with van der Waals surface area (Å²) in [4.78, 5) is 30.7. The molecule has 0 fully saturated rings. The Morgan fingerprint density at radius 2 is 1.41 bits per heavy atom. The van der Waals surface area contributed by atoms with E-state index in [0.717, 1.165) is 6.20 Å². The van der Waals surface area contributed by atoms with E-state index >= 15 is 0 Å². The summed E-state index contributed by atoms with van der Waals surface area (Å²) >= 11 is 5.78. The second kappa shape index (κ2) is 8.25. The zero-order chi connectivity index (χ0) is 21.0. The van der Waals surface area contributed by atoms with Gasteiger partial charge in [-0.1, -0.05) is 11.6 Å². The fourth-order valence-electron chi connectivity index (χ4n) is 2.30. The van der Waals surface area contributed by atoms with Crippen LogP contribution in [-0.2, 0) is 10.0 Å². The summed E-state index contributed by atoms with van der Waals surface area (Å²) in [5.41, 5.74) is -0.254. The van der Waals surface area contributed by atoms with E-state index in [-0.39, 0.29) is 16.3 Å². The maximum Gasteiger partial charge on any atom is 0.356 e. The van der Waals surface area contributed by atoms with E-state index in [4.69, 9.17) is 16.7 Å². The number of carbonyl (C=O) groups is 2. The Balaban J connectivity index is 1.75. The number of anilines is 2. The number of aromatic carboxylic acids is 1. The SMILES string of the molecule is O=C(O)c1nccnc1C(=O)Nc1ccc(S(=O)(=O)Nc2ccc(Cl)cc2)cc1. The molecule has 2 aromatic carbocycles. The van der Waals surface area contributed by atoms with E-state index in [9.17, 15) is 18.0 Å². The number of nitrogens with one attached hydrogen (secondary N) is 2. The fourth-order valence-corrected chi connectivity index (χ4v) is 3.49. The molecule has 148 valence electrons. The van der Waals surface area contributed by atoms with Crippen molar-refractivity contribution in [3.63, 3.8) is 0 Å². The Morgan fingerprint density at radius 3 is 2.00 bits per heavy atom. The van der Waals surface area contributed by atoms with Crippen LogP contribution in [0.1, 0.15) is 21.0 Å². The second-order valence-electron chi connectivity index (χ2n) is 5.65. The molecule has 0 saturated heterocycles. The van der Waals surface area contributed by atoms with Gasteiger partial charge in [0.25, 0.3) is 15.9 Å². The zero-order valence-corrected chi connectivity index (χ0v) is 16.1. The first kappa shape index (κ1) is 20.2. The minimum atomic E-state index is -3.85. The van der Waals surface area contributed by atoms with Crippen LogP contribution in [0.2, 0.25) is 5.02 Å². The second-order valence-corrected chi connectivity index (χ2v) is 7.77. The third kappa shape index (κ3) is 4.86. The topological polar surface area (TPSA) is 138 Å². The van der Waals surface area contributed by atoms with E-state index in [0.29, 0.717) is 10.7 Å². The molecule has 1 aromatic heterocycles. The highest BCUT2D eigenvalue weighted by atomic mass is 35.5. The predicted molar refractivity (Wildman–Crippen MR) is 106 cm³/mol. The first-order valence-corrected chi connectivity index (χ1v) is 9.86. The van der Waals surface area contributed by atoms with Crippen LogP contribution in [0, 0.1) is 0 Å². The number of carboxylic acids is 1. The lowest BCUT2D eigenvalue weighted by molar-refractivity contribution is 0.0685. The molecule has 0 unspecified atom stereocenters. The van der Waals surface area contributed by atoms with Gasteiger partial charge in [0.1, 0.15) is 0 Å². The molecular weight excluding hydrogens is 420 g/mol. The Morgan fingerprint density at radius 1 is 0.862 bits per heavy atom. The highest BCUT2D eigenvalue weighted by molar-refractivity contribution is 7.92. The van der Waals surface area contributed by atoms with E-state index < -0.39 is 27.6 Å². The number of amides is 1. The van der Waals surface area contributed by atoms with Crippen LogP contribution in [0.25, 0.3) is 0 Å². The van der Waals surface area contributed by atoms with Crippen molar-refractivity contribution in [1.82, 2.24) is 9.97 Å². The highest BCUT2D eigenvalue weighted by Gasteiger charge is 2.20. The number of hydrogen-bond donors (Lipinski definition) is 3. The molecule has 0 atom stereocenters. The van der Waals surface area contributed by atoms with Crippen LogP contribution in [0.3, 0.4) is 0 Å². The van der Waals surface area contributed by atoms with Crippen LogP contribution < -0.4 is 10.0 Å². The zero-order valence-electron chi connectivity index (χ0n) is 14.5. The molecule has 3 aromatic rings. The van der Waals surface area contributed by atoms with Crippen LogP contribution in [0.15, 0.2) is 65.8 Å². The Bertz CT molecular complexity index is 1170. The Labute approximate surface area is 170 Å². The molecule has 1 heterocycles. The summed E-state index contributed by atoms with van der Waals surface area (Å²) in [6.45, 7) is 0. The average molecular weight is 433 g/mol. The van der Waals surface area contributed by atoms with Gasteiger partial charge in [0.2, 0.25) is 0 Å². The smallest absolute Gasteiger partial charge is 0.356 e. The summed E-state index contributed by atoms with van der Waals surface area (Å²) < 4.78 is 27.3. The summed E-state index contributed by atoms with van der Waals surface area (Å²) in [5, 5.41) is 12.0. The number of carboxylic acid groups (broad SMARTS) is 1. The van der Waals surface area contributed by atoms with Gasteiger partial charge in [0.05, 0.1) is 4.90 Å². The predicted octanol–water partition coefficient (Wildman–Crippen LogP) is 2.88. The van der Waals surface area contributed by atoms with Crippen molar-refractivity contribution >= 4 is 44.9 Å². The van der Waals surface area contributed by atoms with Crippen LogP contribution in [-0.4, -0.2) is 35.4 Å². The first-order valence-electron chi connectivity index (χ1n) is 8.00. The normalized spacial score (nSPS) is 10.9. The fraction of sp³-hybridized carbons (Fsp3) is 0. The molecule has 0 aliphatic heterocycles. The van der Waals surface area contributed by atoms with Gasteiger partial charge in [0, 0.05) is 28.8 Å². The van der Waals surface area contributed by atoms with Gasteiger partial charge in [-0.3, -0.25) is 9.52 Å². The number of benzene rings is 2. The molecule has 0 spiro atoms. The minimum Gasteiger partial charge on any atom is -0.476 e. The monoisotopic (exact) mass is 432 g/mol. The number of carbonyl (C=O) groups excluding carboxylic acids is 1. The van der Waals surface area contributed by atoms with Crippen molar-refractivity contribution < 1.29 is 23.1 Å². The van der Waals surface area contributed by atoms with Gasteiger partial charge < -0.3 is 10.4 Å². The highest BCUT2D eigenvalue weighted by Crippen LogP contribution is 2.20. The Hall–Kier alpha value is -3.50. The first-order chi connectivity index (χ1) is 13.8. The third-order valence-electron chi connectivity index (χ3n) is 3.63. The van der Waals surface area contributed by atoms with Crippen molar-refractivity contribution in [3.05, 3.63) is 77.3 Å². The number of aromatic nitrogens is 2. The van der Waals surface area contributed by atoms with E-state index in [1.54, 1.807) is 12.1 Å². The maximum atomic E-state index is 12.4. The van der Waals surface area contributed by atoms with Crippen LogP contribution in [0.5, 0.6) is 0 Å². The molecule has 0 bridgehead atoms. The van der Waals surface area contributed by atoms with Gasteiger partial charge in [-0.25, -0.2) is 23.2 Å². The van der Waals surface area contributed by atoms with Gasteiger partial charge in [-0.2, -0.15) is 0 Å². The van der Waals surface area contributed by atoms with Gasteiger partial charge in [0.15, 0.2) is 11.4 Å². The quantitative estimate of drug-likeness (QED) is 0.544. The lowest BCUT2D eigenvalue weighted by Crippen LogP contribution is -2.19.